The average molecular weight is 197 g/mol. The van der Waals surface area contributed by atoms with Gasteiger partial charge in [-0.25, -0.2) is 0 Å². The maximum atomic E-state index is 11.5. The summed E-state index contributed by atoms with van der Waals surface area (Å²) in [4.78, 5) is 13.2. The fourth-order valence-corrected chi connectivity index (χ4v) is 1.06. The van der Waals surface area contributed by atoms with Gasteiger partial charge in [0.1, 0.15) is 0 Å². The highest BCUT2D eigenvalue weighted by molar-refractivity contribution is 5.76. The molecule has 0 saturated carbocycles. The van der Waals surface area contributed by atoms with Crippen LogP contribution in [0.1, 0.15) is 26.7 Å². The van der Waals surface area contributed by atoms with Gasteiger partial charge in [0.15, 0.2) is 0 Å². The maximum absolute atomic E-state index is 11.5. The molecule has 0 rings (SSSR count). The number of hydrogen-bond donors (Lipinski definition) is 1. The Balaban J connectivity index is 3.81. The summed E-state index contributed by atoms with van der Waals surface area (Å²) in [7, 11) is 1.75. The highest BCUT2D eigenvalue weighted by atomic mass is 16.2. The summed E-state index contributed by atoms with van der Waals surface area (Å²) in [5.74, 6) is 0.0914. The van der Waals surface area contributed by atoms with E-state index in [1.807, 2.05) is 13.8 Å². The molecule has 0 aromatic rings. The van der Waals surface area contributed by atoms with E-state index >= 15 is 0 Å². The highest BCUT2D eigenvalue weighted by Gasteiger charge is 2.14. The Morgan fingerprint density at radius 3 is 2.79 bits per heavy atom. The van der Waals surface area contributed by atoms with Crippen LogP contribution in [0.25, 0.3) is 0 Å². The van der Waals surface area contributed by atoms with Crippen molar-refractivity contribution in [3.05, 3.63) is 0 Å². The van der Waals surface area contributed by atoms with Gasteiger partial charge in [-0.15, -0.1) is 0 Å². The molecule has 0 aliphatic carbocycles. The van der Waals surface area contributed by atoms with Gasteiger partial charge in [0.25, 0.3) is 0 Å². The van der Waals surface area contributed by atoms with Gasteiger partial charge in [0.05, 0.1) is 12.5 Å². The minimum absolute atomic E-state index is 0.00845. The SMILES string of the molecule is CCNCCC(=O)N(C)C(C)CC#N. The van der Waals surface area contributed by atoms with Crippen molar-refractivity contribution in [3.63, 3.8) is 0 Å². The molecular weight excluding hydrogens is 178 g/mol. The fraction of sp³-hybridized carbons (Fsp3) is 0.800. The third-order valence-corrected chi connectivity index (χ3v) is 2.21. The molecular formula is C10H19N3O. The molecule has 0 bridgehead atoms. The van der Waals surface area contributed by atoms with Crippen molar-refractivity contribution < 1.29 is 4.79 Å². The van der Waals surface area contributed by atoms with Crippen LogP contribution >= 0.6 is 0 Å². The van der Waals surface area contributed by atoms with Crippen LogP contribution in [0.2, 0.25) is 0 Å². The first-order chi connectivity index (χ1) is 6.63. The molecule has 0 saturated heterocycles. The van der Waals surface area contributed by atoms with Gasteiger partial charge in [-0.3, -0.25) is 4.79 Å². The summed E-state index contributed by atoms with van der Waals surface area (Å²) in [5.41, 5.74) is 0. The summed E-state index contributed by atoms with van der Waals surface area (Å²) < 4.78 is 0. The molecule has 0 radical (unpaired) electrons. The predicted octanol–water partition coefficient (Wildman–Crippen LogP) is 0.747. The third-order valence-electron chi connectivity index (χ3n) is 2.21. The van der Waals surface area contributed by atoms with E-state index in [2.05, 4.69) is 11.4 Å². The minimum atomic E-state index is 0.00845. The molecule has 0 spiro atoms. The lowest BCUT2D eigenvalue weighted by Gasteiger charge is -2.22. The van der Waals surface area contributed by atoms with Crippen LogP contribution in [-0.4, -0.2) is 37.0 Å². The fourth-order valence-electron chi connectivity index (χ4n) is 1.06. The number of nitrogens with one attached hydrogen (secondary N) is 1. The number of hydrogen-bond acceptors (Lipinski definition) is 3. The van der Waals surface area contributed by atoms with Crippen LogP contribution in [0.15, 0.2) is 0 Å². The van der Waals surface area contributed by atoms with Crippen LogP contribution in [0.5, 0.6) is 0 Å². The molecule has 0 heterocycles. The first-order valence-corrected chi connectivity index (χ1v) is 4.96. The lowest BCUT2D eigenvalue weighted by molar-refractivity contribution is -0.131. The van der Waals surface area contributed by atoms with Gasteiger partial charge in [0.2, 0.25) is 5.91 Å². The van der Waals surface area contributed by atoms with E-state index in [4.69, 9.17) is 5.26 Å². The summed E-state index contributed by atoms with van der Waals surface area (Å²) in [6.07, 6.45) is 0.892. The monoisotopic (exact) mass is 197 g/mol. The van der Waals surface area contributed by atoms with E-state index in [1.165, 1.54) is 0 Å². The van der Waals surface area contributed by atoms with Crippen molar-refractivity contribution in [2.24, 2.45) is 0 Å². The topological polar surface area (TPSA) is 56.1 Å². The Morgan fingerprint density at radius 1 is 1.64 bits per heavy atom. The van der Waals surface area contributed by atoms with E-state index in [0.29, 0.717) is 19.4 Å². The van der Waals surface area contributed by atoms with Gasteiger partial charge >= 0.3 is 0 Å². The number of nitrogens with zero attached hydrogens (tertiary/aromatic N) is 2. The molecule has 0 aromatic heterocycles. The zero-order chi connectivity index (χ0) is 11.0. The summed E-state index contributed by atoms with van der Waals surface area (Å²) >= 11 is 0. The number of carbonyl (C=O) groups is 1. The second-order valence-electron chi connectivity index (χ2n) is 3.32. The van der Waals surface area contributed by atoms with Crippen molar-refractivity contribution >= 4 is 5.91 Å². The predicted molar refractivity (Wildman–Crippen MR) is 55.6 cm³/mol. The highest BCUT2D eigenvalue weighted by Crippen LogP contribution is 2.01. The number of amides is 1. The van der Waals surface area contributed by atoms with Crippen molar-refractivity contribution in [1.29, 1.82) is 5.26 Å². The smallest absolute Gasteiger partial charge is 0.223 e. The average Bonchev–Trinajstić information content (AvgIpc) is 2.17. The maximum Gasteiger partial charge on any atom is 0.223 e. The van der Waals surface area contributed by atoms with Crippen molar-refractivity contribution in [1.82, 2.24) is 10.2 Å². The van der Waals surface area contributed by atoms with Crippen molar-refractivity contribution in [3.8, 4) is 6.07 Å². The molecule has 4 heteroatoms. The molecule has 0 aliphatic rings. The van der Waals surface area contributed by atoms with E-state index in [-0.39, 0.29) is 11.9 Å². The van der Waals surface area contributed by atoms with Gasteiger partial charge in [-0.2, -0.15) is 5.26 Å². The van der Waals surface area contributed by atoms with Crippen LogP contribution in [-0.2, 0) is 4.79 Å². The van der Waals surface area contributed by atoms with Crippen LogP contribution in [0.4, 0.5) is 0 Å². The molecule has 0 fully saturated rings. The Hall–Kier alpha value is -1.08. The molecule has 1 atom stereocenters. The van der Waals surface area contributed by atoms with Gasteiger partial charge < -0.3 is 10.2 Å². The zero-order valence-electron chi connectivity index (χ0n) is 9.21. The Morgan fingerprint density at radius 2 is 2.29 bits per heavy atom. The molecule has 1 amide bonds. The summed E-state index contributed by atoms with van der Waals surface area (Å²) in [5, 5.41) is 11.6. The van der Waals surface area contributed by atoms with E-state index in [9.17, 15) is 4.79 Å². The van der Waals surface area contributed by atoms with Gasteiger partial charge in [-0.05, 0) is 13.5 Å². The third kappa shape index (κ3) is 4.83. The largest absolute Gasteiger partial charge is 0.342 e. The van der Waals surface area contributed by atoms with Gasteiger partial charge in [0, 0.05) is 26.1 Å². The molecule has 80 valence electrons. The second kappa shape index (κ2) is 7.34. The van der Waals surface area contributed by atoms with E-state index in [1.54, 1.807) is 11.9 Å². The van der Waals surface area contributed by atoms with Crippen LogP contribution < -0.4 is 5.32 Å². The lowest BCUT2D eigenvalue weighted by Crippen LogP contribution is -2.36. The van der Waals surface area contributed by atoms with Gasteiger partial charge in [-0.1, -0.05) is 6.92 Å². The molecule has 0 aromatic carbocycles. The number of carbonyl (C=O) groups excluding carboxylic acids is 1. The standard InChI is InChI=1S/C10H19N3O/c1-4-12-8-6-10(14)13(3)9(2)5-7-11/h9,12H,4-6,8H2,1-3H3. The Labute approximate surface area is 85.9 Å². The molecule has 14 heavy (non-hydrogen) atoms. The first kappa shape index (κ1) is 12.9. The summed E-state index contributed by atoms with van der Waals surface area (Å²) in [6.45, 7) is 5.48. The van der Waals surface area contributed by atoms with Crippen molar-refractivity contribution in [2.75, 3.05) is 20.1 Å². The molecule has 1 unspecified atom stereocenters. The Kier molecular flexibility index (Phi) is 6.77. The second-order valence-corrected chi connectivity index (χ2v) is 3.32. The van der Waals surface area contributed by atoms with Crippen LogP contribution in [0.3, 0.4) is 0 Å². The lowest BCUT2D eigenvalue weighted by atomic mass is 10.2. The molecule has 4 nitrogen and oxygen atoms in total. The van der Waals surface area contributed by atoms with Crippen LogP contribution in [0, 0.1) is 11.3 Å². The zero-order valence-corrected chi connectivity index (χ0v) is 9.21. The van der Waals surface area contributed by atoms with E-state index in [0.717, 1.165) is 6.54 Å². The summed E-state index contributed by atoms with van der Waals surface area (Å²) in [6, 6.07) is 2.07. The normalized spacial score (nSPS) is 11.9. The molecule has 1 N–H and O–H groups in total. The molecule has 0 aliphatic heterocycles. The quantitative estimate of drug-likeness (QED) is 0.639. The van der Waals surface area contributed by atoms with Crippen molar-refractivity contribution in [2.45, 2.75) is 32.7 Å². The minimum Gasteiger partial charge on any atom is -0.342 e. The Bertz CT molecular complexity index is 210. The number of nitriles is 1. The van der Waals surface area contributed by atoms with E-state index < -0.39 is 0 Å². The first-order valence-electron chi connectivity index (χ1n) is 4.96. The number of rotatable bonds is 6.